The third-order valence-corrected chi connectivity index (χ3v) is 7.54. The van der Waals surface area contributed by atoms with Crippen molar-refractivity contribution in [2.75, 3.05) is 38.1 Å². The maximum atomic E-state index is 12.9. The Morgan fingerprint density at radius 2 is 1.77 bits per heavy atom. The highest BCUT2D eigenvalue weighted by Crippen LogP contribution is 2.34. The molecule has 6 nitrogen and oxygen atoms in total. The van der Waals surface area contributed by atoms with Gasteiger partial charge in [0.25, 0.3) is 0 Å². The number of nitrogens with one attached hydrogen (secondary N) is 1. The van der Waals surface area contributed by atoms with Crippen LogP contribution < -0.4 is 4.90 Å². The van der Waals surface area contributed by atoms with Crippen LogP contribution in [0.1, 0.15) is 5.56 Å². The van der Waals surface area contributed by atoms with E-state index in [1.54, 1.807) is 24.3 Å². The molecule has 0 radical (unpaired) electrons. The molecule has 2 aromatic carbocycles. The summed E-state index contributed by atoms with van der Waals surface area (Å²) in [5.41, 5.74) is 3.74. The number of benzene rings is 2. The average Bonchev–Trinajstić information content (AvgIpc) is 3.13. The molecule has 0 bridgehead atoms. The lowest BCUT2D eigenvalue weighted by Gasteiger charge is -2.34. The SMILES string of the molecule is CN1CCN(c2ccnc3[nH]c4ccc(CS(=O)(=O)c5ccccc5)cc4c23)CC1. The summed E-state index contributed by atoms with van der Waals surface area (Å²) in [7, 11) is -1.25. The van der Waals surface area contributed by atoms with E-state index >= 15 is 0 Å². The Morgan fingerprint density at radius 1 is 1.00 bits per heavy atom. The van der Waals surface area contributed by atoms with E-state index in [1.165, 1.54) is 0 Å². The summed E-state index contributed by atoms with van der Waals surface area (Å²) in [4.78, 5) is 13.0. The lowest BCUT2D eigenvalue weighted by atomic mass is 10.1. The van der Waals surface area contributed by atoms with Crippen molar-refractivity contribution in [1.82, 2.24) is 14.9 Å². The number of H-pyrrole nitrogens is 1. The molecule has 1 aliphatic rings. The molecule has 0 unspecified atom stereocenters. The van der Waals surface area contributed by atoms with Crippen LogP contribution in [0, 0.1) is 0 Å². The molecule has 0 spiro atoms. The second-order valence-corrected chi connectivity index (χ2v) is 9.91. The summed E-state index contributed by atoms with van der Waals surface area (Å²) in [6, 6.07) is 16.5. The number of nitrogens with zero attached hydrogens (tertiary/aromatic N) is 3. The number of pyridine rings is 1. The highest BCUT2D eigenvalue weighted by atomic mass is 32.2. The predicted molar refractivity (Wildman–Crippen MR) is 121 cm³/mol. The standard InChI is InChI=1S/C23H24N4O2S/c1-26-11-13-27(14-12-26)21-9-10-24-23-22(21)19-15-17(7-8-20(19)25-23)16-30(28,29)18-5-3-2-4-6-18/h2-10,15H,11-14,16H2,1H3,(H,24,25). The molecular weight excluding hydrogens is 396 g/mol. The Kier molecular flexibility index (Phi) is 4.72. The molecule has 5 rings (SSSR count). The fraction of sp³-hybridized carbons (Fsp3) is 0.261. The summed E-state index contributed by atoms with van der Waals surface area (Å²) >= 11 is 0. The Hall–Kier alpha value is -2.90. The van der Waals surface area contributed by atoms with Crippen LogP contribution in [0.3, 0.4) is 0 Å². The van der Waals surface area contributed by atoms with Gasteiger partial charge in [0.15, 0.2) is 9.84 Å². The normalized spacial score (nSPS) is 15.8. The van der Waals surface area contributed by atoms with Gasteiger partial charge in [-0.15, -0.1) is 0 Å². The third kappa shape index (κ3) is 3.44. The Labute approximate surface area is 176 Å². The van der Waals surface area contributed by atoms with Crippen LogP contribution in [-0.2, 0) is 15.6 Å². The van der Waals surface area contributed by atoms with E-state index in [4.69, 9.17) is 0 Å². The third-order valence-electron chi connectivity index (χ3n) is 5.84. The molecule has 4 aromatic rings. The van der Waals surface area contributed by atoms with Gasteiger partial charge in [0.2, 0.25) is 0 Å². The van der Waals surface area contributed by atoms with Gasteiger partial charge >= 0.3 is 0 Å². The smallest absolute Gasteiger partial charge is 0.182 e. The Bertz CT molecular complexity index is 1310. The van der Waals surface area contributed by atoms with Gasteiger partial charge in [0.05, 0.1) is 16.3 Å². The van der Waals surface area contributed by atoms with Crippen LogP contribution in [0.15, 0.2) is 65.7 Å². The molecule has 7 heteroatoms. The van der Waals surface area contributed by atoms with E-state index in [1.807, 2.05) is 30.5 Å². The zero-order valence-electron chi connectivity index (χ0n) is 16.9. The number of hydrogen-bond donors (Lipinski definition) is 1. The summed E-state index contributed by atoms with van der Waals surface area (Å²) in [6.07, 6.45) is 1.84. The minimum Gasteiger partial charge on any atom is -0.368 e. The number of fused-ring (bicyclic) bond motifs is 3. The topological polar surface area (TPSA) is 69.3 Å². The summed E-state index contributed by atoms with van der Waals surface area (Å²) < 4.78 is 25.7. The molecule has 1 saturated heterocycles. The van der Waals surface area contributed by atoms with Crippen molar-refractivity contribution < 1.29 is 8.42 Å². The largest absolute Gasteiger partial charge is 0.368 e. The van der Waals surface area contributed by atoms with E-state index in [9.17, 15) is 8.42 Å². The van der Waals surface area contributed by atoms with Gasteiger partial charge in [-0.25, -0.2) is 13.4 Å². The first kappa shape index (κ1) is 19.1. The first-order valence-corrected chi connectivity index (χ1v) is 11.8. The van der Waals surface area contributed by atoms with Crippen molar-refractivity contribution >= 4 is 37.5 Å². The van der Waals surface area contributed by atoms with Gasteiger partial charge in [-0.3, -0.25) is 0 Å². The van der Waals surface area contributed by atoms with Crippen LogP contribution >= 0.6 is 0 Å². The molecule has 0 aliphatic carbocycles. The predicted octanol–water partition coefficient (Wildman–Crippen LogP) is 3.44. The fourth-order valence-corrected chi connectivity index (χ4v) is 5.53. The maximum absolute atomic E-state index is 12.9. The molecule has 0 atom stereocenters. The summed E-state index contributed by atoms with van der Waals surface area (Å²) in [6.45, 7) is 3.97. The number of hydrogen-bond acceptors (Lipinski definition) is 5. The number of aromatic nitrogens is 2. The Morgan fingerprint density at radius 3 is 2.53 bits per heavy atom. The fourth-order valence-electron chi connectivity index (χ4n) is 4.18. The molecule has 154 valence electrons. The second kappa shape index (κ2) is 7.41. The van der Waals surface area contributed by atoms with Gasteiger partial charge in [0.1, 0.15) is 5.65 Å². The van der Waals surface area contributed by atoms with Crippen LogP contribution in [0.25, 0.3) is 21.9 Å². The number of rotatable bonds is 4. The van der Waals surface area contributed by atoms with Crippen molar-refractivity contribution in [3.63, 3.8) is 0 Å². The first-order chi connectivity index (χ1) is 14.5. The van der Waals surface area contributed by atoms with Gasteiger partial charge in [-0.05, 0) is 42.9 Å². The summed E-state index contributed by atoms with van der Waals surface area (Å²) in [5.74, 6) is -0.0241. The molecule has 1 N–H and O–H groups in total. The van der Waals surface area contributed by atoms with E-state index in [0.29, 0.717) is 4.90 Å². The molecule has 30 heavy (non-hydrogen) atoms. The van der Waals surface area contributed by atoms with Gasteiger partial charge < -0.3 is 14.8 Å². The highest BCUT2D eigenvalue weighted by molar-refractivity contribution is 7.90. The van der Waals surface area contributed by atoms with E-state index < -0.39 is 9.84 Å². The van der Waals surface area contributed by atoms with E-state index in [2.05, 4.69) is 32.9 Å². The number of sulfone groups is 1. The minimum absolute atomic E-state index is 0.0241. The van der Waals surface area contributed by atoms with Gasteiger partial charge in [0, 0.05) is 48.7 Å². The molecule has 0 amide bonds. The molecule has 0 saturated carbocycles. The number of piperazine rings is 1. The monoisotopic (exact) mass is 420 g/mol. The zero-order chi connectivity index (χ0) is 20.7. The van der Waals surface area contributed by atoms with Crippen LogP contribution in [-0.4, -0.2) is 56.5 Å². The van der Waals surface area contributed by atoms with Gasteiger partial charge in [-0.1, -0.05) is 24.3 Å². The van der Waals surface area contributed by atoms with E-state index in [-0.39, 0.29) is 5.75 Å². The molecular formula is C23H24N4O2S. The van der Waals surface area contributed by atoms with Gasteiger partial charge in [-0.2, -0.15) is 0 Å². The first-order valence-electron chi connectivity index (χ1n) is 10.1. The lowest BCUT2D eigenvalue weighted by Crippen LogP contribution is -2.44. The van der Waals surface area contributed by atoms with Crippen molar-refractivity contribution in [1.29, 1.82) is 0 Å². The van der Waals surface area contributed by atoms with Crippen LogP contribution in [0.4, 0.5) is 5.69 Å². The molecule has 2 aromatic heterocycles. The second-order valence-electron chi connectivity index (χ2n) is 7.92. The number of anilines is 1. The van der Waals surface area contributed by atoms with Crippen molar-refractivity contribution in [3.05, 3.63) is 66.4 Å². The molecule has 3 heterocycles. The van der Waals surface area contributed by atoms with E-state index in [0.717, 1.165) is 59.4 Å². The quantitative estimate of drug-likeness (QED) is 0.548. The van der Waals surface area contributed by atoms with Crippen molar-refractivity contribution in [2.24, 2.45) is 0 Å². The van der Waals surface area contributed by atoms with Crippen LogP contribution in [0.5, 0.6) is 0 Å². The Balaban J connectivity index is 1.57. The van der Waals surface area contributed by atoms with Crippen molar-refractivity contribution in [2.45, 2.75) is 10.6 Å². The van der Waals surface area contributed by atoms with Crippen LogP contribution in [0.2, 0.25) is 0 Å². The lowest BCUT2D eigenvalue weighted by molar-refractivity contribution is 0.313. The number of aromatic amines is 1. The minimum atomic E-state index is -3.40. The molecule has 1 fully saturated rings. The maximum Gasteiger partial charge on any atom is 0.182 e. The number of likely N-dealkylation sites (N-methyl/N-ethyl adjacent to an activating group) is 1. The average molecular weight is 421 g/mol. The summed E-state index contributed by atoms with van der Waals surface area (Å²) in [5, 5.41) is 2.09. The molecule has 1 aliphatic heterocycles. The zero-order valence-corrected chi connectivity index (χ0v) is 17.7. The highest BCUT2D eigenvalue weighted by Gasteiger charge is 2.20. The van der Waals surface area contributed by atoms with Crippen molar-refractivity contribution in [3.8, 4) is 0 Å².